The van der Waals surface area contributed by atoms with Gasteiger partial charge in [-0.05, 0) is 18.8 Å². The third kappa shape index (κ3) is 3.53. The Morgan fingerprint density at radius 1 is 1.55 bits per heavy atom. The summed E-state index contributed by atoms with van der Waals surface area (Å²) in [5.41, 5.74) is 0. The zero-order chi connectivity index (χ0) is 14.8. The zero-order valence-corrected chi connectivity index (χ0v) is 12.5. The molecule has 1 N–H and O–H groups in total. The van der Waals surface area contributed by atoms with E-state index in [2.05, 4.69) is 21.4 Å². The van der Waals surface area contributed by atoms with Crippen LogP contribution in [0.2, 0.25) is 0 Å². The lowest BCUT2D eigenvalue weighted by molar-refractivity contribution is -0.114. The first-order valence-electron chi connectivity index (χ1n) is 5.98. The van der Waals surface area contributed by atoms with Crippen LogP contribution in [0.5, 0.6) is 0 Å². The molecule has 0 atom stereocenters. The van der Waals surface area contributed by atoms with Crippen LogP contribution in [0.3, 0.4) is 0 Å². The largest absolute Gasteiger partial charge is 0.301 e. The van der Waals surface area contributed by atoms with Crippen molar-refractivity contribution in [2.75, 3.05) is 18.4 Å². The normalized spacial score (nSPS) is 15.1. The highest BCUT2D eigenvalue weighted by Gasteiger charge is 2.33. The Morgan fingerprint density at radius 2 is 2.25 bits per heavy atom. The highest BCUT2D eigenvalue weighted by molar-refractivity contribution is 7.91. The summed E-state index contributed by atoms with van der Waals surface area (Å²) in [6.45, 7) is 1.72. The van der Waals surface area contributed by atoms with Crippen molar-refractivity contribution in [1.29, 1.82) is 0 Å². The molecule has 0 radical (unpaired) electrons. The number of terminal acetylenes is 1. The molecule has 1 saturated carbocycles. The Labute approximate surface area is 121 Å². The molecule has 1 aromatic heterocycles. The van der Waals surface area contributed by atoms with E-state index in [4.69, 9.17) is 6.42 Å². The van der Waals surface area contributed by atoms with Crippen LogP contribution in [0.1, 0.15) is 19.8 Å². The van der Waals surface area contributed by atoms with E-state index in [0.29, 0.717) is 12.5 Å². The molecule has 1 aromatic rings. The predicted octanol–water partition coefficient (Wildman–Crippen LogP) is 0.530. The van der Waals surface area contributed by atoms with Gasteiger partial charge in [-0.25, -0.2) is 8.42 Å². The summed E-state index contributed by atoms with van der Waals surface area (Å²) in [4.78, 5) is 10.9. The van der Waals surface area contributed by atoms with Gasteiger partial charge in [-0.1, -0.05) is 17.3 Å². The number of hydrogen-bond acceptors (Lipinski definition) is 6. The van der Waals surface area contributed by atoms with Crippen molar-refractivity contribution in [3.05, 3.63) is 0 Å². The predicted molar refractivity (Wildman–Crippen MR) is 74.5 cm³/mol. The summed E-state index contributed by atoms with van der Waals surface area (Å²) in [5.74, 6) is 2.40. The number of amides is 1. The SMILES string of the molecule is C#CCN(CC1CC1)S(=O)(=O)c1nnc(NC(C)=O)s1. The van der Waals surface area contributed by atoms with E-state index in [1.807, 2.05) is 0 Å². The standard InChI is InChI=1S/C11H14N4O3S2/c1-3-6-15(7-9-4-5-9)20(17,18)11-14-13-10(19-11)12-8(2)16/h1,9H,4-7H2,2H3,(H,12,13,16). The van der Waals surface area contributed by atoms with Gasteiger partial charge in [-0.2, -0.15) is 4.31 Å². The molecule has 0 unspecified atom stereocenters. The molecule has 1 heterocycles. The number of aromatic nitrogens is 2. The molecule has 2 rings (SSSR count). The van der Waals surface area contributed by atoms with Crippen LogP contribution in [0.4, 0.5) is 5.13 Å². The number of carbonyl (C=O) groups is 1. The van der Waals surface area contributed by atoms with E-state index in [0.717, 1.165) is 24.2 Å². The fraction of sp³-hybridized carbons (Fsp3) is 0.545. The smallest absolute Gasteiger partial charge is 0.273 e. The summed E-state index contributed by atoms with van der Waals surface area (Å²) in [5, 5.41) is 9.83. The average Bonchev–Trinajstić information content (AvgIpc) is 3.05. The van der Waals surface area contributed by atoms with Crippen LogP contribution in [-0.2, 0) is 14.8 Å². The number of carbonyl (C=O) groups excluding carboxylic acids is 1. The van der Waals surface area contributed by atoms with Crippen molar-refractivity contribution in [1.82, 2.24) is 14.5 Å². The monoisotopic (exact) mass is 314 g/mol. The fourth-order valence-corrected chi connectivity index (χ4v) is 4.08. The minimum absolute atomic E-state index is 0.00782. The number of rotatable bonds is 6. The molecule has 20 heavy (non-hydrogen) atoms. The van der Waals surface area contributed by atoms with E-state index in [1.54, 1.807) is 0 Å². The van der Waals surface area contributed by atoms with Crippen molar-refractivity contribution in [2.24, 2.45) is 5.92 Å². The Morgan fingerprint density at radius 3 is 2.80 bits per heavy atom. The van der Waals surface area contributed by atoms with Crippen molar-refractivity contribution >= 4 is 32.4 Å². The van der Waals surface area contributed by atoms with E-state index < -0.39 is 10.0 Å². The van der Waals surface area contributed by atoms with E-state index in [-0.39, 0.29) is 21.9 Å². The number of nitrogens with zero attached hydrogens (tertiary/aromatic N) is 3. The molecule has 108 valence electrons. The molecule has 0 aliphatic heterocycles. The van der Waals surface area contributed by atoms with Gasteiger partial charge in [0.2, 0.25) is 15.4 Å². The van der Waals surface area contributed by atoms with Gasteiger partial charge in [0.25, 0.3) is 10.0 Å². The highest BCUT2D eigenvalue weighted by Crippen LogP contribution is 2.32. The quantitative estimate of drug-likeness (QED) is 0.611. The van der Waals surface area contributed by atoms with Crippen LogP contribution < -0.4 is 5.32 Å². The number of nitrogens with one attached hydrogen (secondary N) is 1. The van der Waals surface area contributed by atoms with Gasteiger partial charge in [0.05, 0.1) is 6.54 Å². The molecule has 0 spiro atoms. The minimum atomic E-state index is -3.75. The number of sulfonamides is 1. The molecule has 1 amide bonds. The van der Waals surface area contributed by atoms with Crippen LogP contribution >= 0.6 is 11.3 Å². The molecular formula is C11H14N4O3S2. The summed E-state index contributed by atoms with van der Waals surface area (Å²) in [6.07, 6.45) is 7.26. The molecule has 0 bridgehead atoms. The van der Waals surface area contributed by atoms with Crippen LogP contribution in [0.25, 0.3) is 0 Å². The number of anilines is 1. The molecule has 0 aromatic carbocycles. The maximum absolute atomic E-state index is 12.4. The van der Waals surface area contributed by atoms with Gasteiger partial charge in [0.15, 0.2) is 0 Å². The lowest BCUT2D eigenvalue weighted by atomic mass is 10.4. The van der Waals surface area contributed by atoms with Gasteiger partial charge in [-0.3, -0.25) is 4.79 Å². The Balaban J connectivity index is 2.20. The van der Waals surface area contributed by atoms with E-state index >= 15 is 0 Å². The molecule has 7 nitrogen and oxygen atoms in total. The van der Waals surface area contributed by atoms with Gasteiger partial charge in [0.1, 0.15) is 0 Å². The molecule has 0 saturated heterocycles. The lowest BCUT2D eigenvalue weighted by Gasteiger charge is -2.17. The van der Waals surface area contributed by atoms with E-state index in [9.17, 15) is 13.2 Å². The summed E-state index contributed by atoms with van der Waals surface area (Å²) in [6, 6.07) is 0. The third-order valence-electron chi connectivity index (χ3n) is 2.68. The lowest BCUT2D eigenvalue weighted by Crippen LogP contribution is -2.33. The fourth-order valence-electron chi connectivity index (χ4n) is 1.56. The second kappa shape index (κ2) is 5.87. The Kier molecular flexibility index (Phi) is 4.37. The first-order chi connectivity index (χ1) is 9.43. The molecule has 1 fully saturated rings. The molecule has 1 aliphatic carbocycles. The first-order valence-corrected chi connectivity index (χ1v) is 8.24. The maximum atomic E-state index is 12.4. The zero-order valence-electron chi connectivity index (χ0n) is 10.9. The summed E-state index contributed by atoms with van der Waals surface area (Å²) in [7, 11) is -3.75. The van der Waals surface area contributed by atoms with Crippen molar-refractivity contribution in [2.45, 2.75) is 24.1 Å². The average molecular weight is 314 g/mol. The van der Waals surface area contributed by atoms with Crippen LogP contribution in [-0.4, -0.2) is 41.9 Å². The second-order valence-electron chi connectivity index (χ2n) is 4.50. The Hall–Kier alpha value is -1.50. The van der Waals surface area contributed by atoms with Crippen LogP contribution in [0.15, 0.2) is 4.34 Å². The molecular weight excluding hydrogens is 300 g/mol. The molecule has 9 heteroatoms. The van der Waals surface area contributed by atoms with Crippen LogP contribution in [0, 0.1) is 18.3 Å². The molecule has 1 aliphatic rings. The third-order valence-corrected chi connectivity index (χ3v) is 5.67. The van der Waals surface area contributed by atoms with Crippen molar-refractivity contribution in [3.63, 3.8) is 0 Å². The Bertz CT molecular complexity index is 643. The maximum Gasteiger partial charge on any atom is 0.273 e. The number of hydrogen-bond donors (Lipinski definition) is 1. The topological polar surface area (TPSA) is 92.3 Å². The van der Waals surface area contributed by atoms with Gasteiger partial charge < -0.3 is 5.32 Å². The highest BCUT2D eigenvalue weighted by atomic mass is 32.2. The van der Waals surface area contributed by atoms with Gasteiger partial charge >= 0.3 is 0 Å². The van der Waals surface area contributed by atoms with Crippen molar-refractivity contribution in [3.8, 4) is 12.3 Å². The summed E-state index contributed by atoms with van der Waals surface area (Å²) < 4.78 is 25.9. The van der Waals surface area contributed by atoms with Crippen molar-refractivity contribution < 1.29 is 13.2 Å². The summed E-state index contributed by atoms with van der Waals surface area (Å²) >= 11 is 0.817. The van der Waals surface area contributed by atoms with Gasteiger partial charge in [0, 0.05) is 13.5 Å². The first kappa shape index (κ1) is 14.9. The second-order valence-corrected chi connectivity index (χ2v) is 7.59. The van der Waals surface area contributed by atoms with E-state index in [1.165, 1.54) is 11.2 Å². The minimum Gasteiger partial charge on any atom is -0.301 e. The van der Waals surface area contributed by atoms with Gasteiger partial charge in [-0.15, -0.1) is 16.6 Å².